The van der Waals surface area contributed by atoms with Crippen molar-refractivity contribution < 1.29 is 0 Å². The van der Waals surface area contributed by atoms with Crippen molar-refractivity contribution >= 4 is 11.5 Å². The number of hydrogen-bond acceptors (Lipinski definition) is 4. The normalized spacial score (nSPS) is 14.0. The van der Waals surface area contributed by atoms with E-state index < -0.39 is 0 Å². The average Bonchev–Trinajstić information content (AvgIpc) is 3.16. The zero-order chi connectivity index (χ0) is 21.1. The number of benzene rings is 1. The van der Waals surface area contributed by atoms with E-state index >= 15 is 0 Å². The molecule has 0 unspecified atom stereocenters. The molecule has 1 aliphatic heterocycles. The number of anilines is 1. The first-order valence-electron chi connectivity index (χ1n) is 12.1. The monoisotopic (exact) mass is 400 g/mol. The maximum absolute atomic E-state index is 4.55. The van der Waals surface area contributed by atoms with Crippen LogP contribution in [0.25, 0.3) is 0 Å². The lowest BCUT2D eigenvalue weighted by Gasteiger charge is -2.28. The van der Waals surface area contributed by atoms with Gasteiger partial charge in [0.1, 0.15) is 5.84 Å². The van der Waals surface area contributed by atoms with Gasteiger partial charge in [0.2, 0.25) is 0 Å². The predicted molar refractivity (Wildman–Crippen MR) is 127 cm³/mol. The van der Waals surface area contributed by atoms with E-state index in [0.29, 0.717) is 11.8 Å². The second-order valence-electron chi connectivity index (χ2n) is 9.11. The average molecular weight is 401 g/mol. The summed E-state index contributed by atoms with van der Waals surface area (Å²) in [5, 5.41) is 6.74. The van der Waals surface area contributed by atoms with E-state index in [9.17, 15) is 0 Å². The molecule has 0 aromatic heterocycles. The van der Waals surface area contributed by atoms with Gasteiger partial charge in [0.05, 0.1) is 5.69 Å². The molecule has 1 aliphatic rings. The van der Waals surface area contributed by atoms with E-state index in [1.165, 1.54) is 81.0 Å². The van der Waals surface area contributed by atoms with Crippen LogP contribution in [0.1, 0.15) is 128 Å². The van der Waals surface area contributed by atoms with Crippen molar-refractivity contribution in [3.05, 3.63) is 29.3 Å². The summed E-state index contributed by atoms with van der Waals surface area (Å²) in [5.41, 5.74) is 10.3. The topological polar surface area (TPSA) is 39.7 Å². The van der Waals surface area contributed by atoms with Gasteiger partial charge >= 0.3 is 0 Å². The van der Waals surface area contributed by atoms with Crippen molar-refractivity contribution in [3.63, 3.8) is 0 Å². The molecule has 29 heavy (non-hydrogen) atoms. The maximum atomic E-state index is 4.55. The highest BCUT2D eigenvalue weighted by Gasteiger charge is 2.25. The largest absolute Gasteiger partial charge is 0.242 e. The highest BCUT2D eigenvalue weighted by molar-refractivity contribution is 5.99. The van der Waals surface area contributed by atoms with Crippen molar-refractivity contribution in [1.29, 1.82) is 0 Å². The molecule has 0 atom stereocenters. The second-order valence-corrected chi connectivity index (χ2v) is 9.11. The summed E-state index contributed by atoms with van der Waals surface area (Å²) < 4.78 is 0. The summed E-state index contributed by atoms with van der Waals surface area (Å²) in [7, 11) is 0. The van der Waals surface area contributed by atoms with Gasteiger partial charge in [-0.05, 0) is 29.4 Å². The highest BCUT2D eigenvalue weighted by atomic mass is 15.8. The standard InChI is InChI=1S/C25H44N4/c1-6-7-8-9-10-11-12-13-14-15-19-24-26-27-28-29(24)25-22(20(2)3)17-16-18-23(25)21(4)5/h16-18,20-21,27-28H,6-15,19H2,1-5H3. The molecule has 2 rings (SSSR count). The molecule has 0 amide bonds. The number of para-hydroxylation sites is 1. The van der Waals surface area contributed by atoms with Crippen LogP contribution in [0, 0.1) is 0 Å². The quantitative estimate of drug-likeness (QED) is 0.320. The Morgan fingerprint density at radius 3 is 1.83 bits per heavy atom. The third-order valence-corrected chi connectivity index (χ3v) is 5.92. The van der Waals surface area contributed by atoms with Gasteiger partial charge in [-0.1, -0.05) is 111 Å². The fourth-order valence-electron chi connectivity index (χ4n) is 4.15. The van der Waals surface area contributed by atoms with Crippen LogP contribution in [0.15, 0.2) is 23.3 Å². The Labute approximate surface area is 179 Å². The molecule has 1 aromatic rings. The molecular weight excluding hydrogens is 356 g/mol. The minimum absolute atomic E-state index is 0.477. The summed E-state index contributed by atoms with van der Waals surface area (Å²) in [5.74, 6) is 2.06. The van der Waals surface area contributed by atoms with E-state index in [0.717, 1.165) is 12.3 Å². The van der Waals surface area contributed by atoms with Gasteiger partial charge in [0.25, 0.3) is 0 Å². The van der Waals surface area contributed by atoms with Crippen LogP contribution in [0.5, 0.6) is 0 Å². The Balaban J connectivity index is 1.84. The van der Waals surface area contributed by atoms with Gasteiger partial charge in [-0.25, -0.2) is 10.5 Å². The lowest BCUT2D eigenvalue weighted by atomic mass is 9.92. The van der Waals surface area contributed by atoms with Crippen molar-refractivity contribution in [2.24, 2.45) is 5.10 Å². The van der Waals surface area contributed by atoms with Gasteiger partial charge in [-0.15, -0.1) is 10.6 Å². The Kier molecular flexibility index (Phi) is 10.5. The molecular formula is C25H44N4. The van der Waals surface area contributed by atoms with Crippen molar-refractivity contribution in [2.75, 3.05) is 5.01 Å². The van der Waals surface area contributed by atoms with E-state index in [1.807, 2.05) is 0 Å². The second kappa shape index (κ2) is 12.9. The van der Waals surface area contributed by atoms with Crippen LogP contribution in [-0.2, 0) is 0 Å². The Hall–Kier alpha value is -1.55. The number of nitrogens with zero attached hydrogens (tertiary/aromatic N) is 2. The van der Waals surface area contributed by atoms with E-state index in [2.05, 4.69) is 74.0 Å². The van der Waals surface area contributed by atoms with Crippen molar-refractivity contribution in [1.82, 2.24) is 11.1 Å². The molecule has 4 nitrogen and oxygen atoms in total. The number of hydrogen-bond donors (Lipinski definition) is 2. The number of rotatable bonds is 14. The molecule has 1 heterocycles. The Morgan fingerprint density at radius 2 is 1.31 bits per heavy atom. The Bertz CT molecular complexity index is 595. The molecule has 0 saturated heterocycles. The number of hydrazone groups is 1. The first kappa shape index (κ1) is 23.7. The highest BCUT2D eigenvalue weighted by Crippen LogP contribution is 2.35. The minimum Gasteiger partial charge on any atom is -0.242 e. The van der Waals surface area contributed by atoms with E-state index in [4.69, 9.17) is 0 Å². The molecule has 0 fully saturated rings. The maximum Gasteiger partial charge on any atom is 0.146 e. The summed E-state index contributed by atoms with van der Waals surface area (Å²) in [6.45, 7) is 11.4. The third-order valence-electron chi connectivity index (χ3n) is 5.92. The number of nitrogens with one attached hydrogen (secondary N) is 2. The predicted octanol–water partition coefficient (Wildman–Crippen LogP) is 7.39. The molecule has 0 saturated carbocycles. The van der Waals surface area contributed by atoms with Gasteiger partial charge in [0.15, 0.2) is 0 Å². The zero-order valence-corrected chi connectivity index (χ0v) is 19.6. The van der Waals surface area contributed by atoms with Gasteiger partial charge in [-0.3, -0.25) is 0 Å². The third kappa shape index (κ3) is 7.33. The molecule has 4 heteroatoms. The first-order chi connectivity index (χ1) is 14.1. The summed E-state index contributed by atoms with van der Waals surface area (Å²) in [4.78, 5) is 0. The fraction of sp³-hybridized carbons (Fsp3) is 0.720. The van der Waals surface area contributed by atoms with E-state index in [-0.39, 0.29) is 0 Å². The van der Waals surface area contributed by atoms with Gasteiger partial charge in [0, 0.05) is 6.42 Å². The van der Waals surface area contributed by atoms with Crippen LogP contribution in [0.4, 0.5) is 5.69 Å². The summed E-state index contributed by atoms with van der Waals surface area (Å²) in [6, 6.07) is 6.70. The van der Waals surface area contributed by atoms with Crippen LogP contribution in [-0.4, -0.2) is 5.84 Å². The van der Waals surface area contributed by atoms with Crippen LogP contribution < -0.4 is 16.1 Å². The summed E-state index contributed by atoms with van der Waals surface area (Å²) >= 11 is 0. The van der Waals surface area contributed by atoms with Crippen LogP contribution in [0.3, 0.4) is 0 Å². The SMILES string of the molecule is CCCCCCCCCCCCC1=NNNN1c1c(C(C)C)cccc1C(C)C. The van der Waals surface area contributed by atoms with Crippen molar-refractivity contribution in [3.8, 4) is 0 Å². The van der Waals surface area contributed by atoms with Crippen molar-refractivity contribution in [2.45, 2.75) is 117 Å². The fourth-order valence-corrected chi connectivity index (χ4v) is 4.15. The molecule has 164 valence electrons. The molecule has 0 bridgehead atoms. The Morgan fingerprint density at radius 1 is 0.793 bits per heavy atom. The lowest BCUT2D eigenvalue weighted by molar-refractivity contribution is 0.559. The van der Waals surface area contributed by atoms with Crippen LogP contribution in [0.2, 0.25) is 0 Å². The van der Waals surface area contributed by atoms with E-state index in [1.54, 1.807) is 0 Å². The molecule has 1 aromatic carbocycles. The zero-order valence-electron chi connectivity index (χ0n) is 19.6. The van der Waals surface area contributed by atoms with Gasteiger partial charge in [-0.2, -0.15) is 0 Å². The van der Waals surface area contributed by atoms with Gasteiger partial charge < -0.3 is 0 Å². The first-order valence-corrected chi connectivity index (χ1v) is 12.1. The molecule has 0 radical (unpaired) electrons. The molecule has 0 aliphatic carbocycles. The molecule has 2 N–H and O–H groups in total. The number of hydrazine groups is 2. The minimum atomic E-state index is 0.477. The lowest BCUT2D eigenvalue weighted by Crippen LogP contribution is -2.42. The molecule has 0 spiro atoms. The van der Waals surface area contributed by atoms with Crippen LogP contribution >= 0.6 is 0 Å². The smallest absolute Gasteiger partial charge is 0.146 e. The summed E-state index contributed by atoms with van der Waals surface area (Å²) in [6.07, 6.45) is 14.6. The number of unbranched alkanes of at least 4 members (excludes halogenated alkanes) is 9. The number of amidine groups is 1.